The van der Waals surface area contributed by atoms with Crippen LogP contribution in [0.1, 0.15) is 22.7 Å². The molecule has 4 aromatic carbocycles. The van der Waals surface area contributed by atoms with Crippen LogP contribution in [-0.2, 0) is 0 Å². The second-order valence-electron chi connectivity index (χ2n) is 8.38. The van der Waals surface area contributed by atoms with Gasteiger partial charge in [-0.2, -0.15) is 5.10 Å². The highest BCUT2D eigenvalue weighted by atomic mass is 15.5. The van der Waals surface area contributed by atoms with E-state index in [9.17, 15) is 0 Å². The summed E-state index contributed by atoms with van der Waals surface area (Å²) in [4.78, 5) is 2.62. The van der Waals surface area contributed by atoms with Gasteiger partial charge in [0.05, 0.1) is 12.3 Å². The molecule has 0 bridgehead atoms. The normalized spacial score (nSPS) is 16.7. The highest BCUT2D eigenvalue weighted by molar-refractivity contribution is 5.99. The number of benzene rings is 4. The molecule has 0 saturated carbocycles. The fourth-order valence-corrected chi connectivity index (χ4v) is 5.11. The van der Waals surface area contributed by atoms with E-state index in [0.717, 1.165) is 26.2 Å². The first-order valence-corrected chi connectivity index (χ1v) is 11.1. The van der Waals surface area contributed by atoms with Crippen molar-refractivity contribution in [3.05, 3.63) is 108 Å². The van der Waals surface area contributed by atoms with Crippen molar-refractivity contribution < 1.29 is 0 Å². The van der Waals surface area contributed by atoms with Crippen molar-refractivity contribution in [2.24, 2.45) is 5.10 Å². The van der Waals surface area contributed by atoms with E-state index >= 15 is 0 Å². The van der Waals surface area contributed by atoms with Crippen LogP contribution in [0.25, 0.3) is 21.9 Å². The van der Waals surface area contributed by atoms with Gasteiger partial charge >= 0.3 is 0 Å². The van der Waals surface area contributed by atoms with Crippen molar-refractivity contribution in [3.8, 4) is 11.1 Å². The van der Waals surface area contributed by atoms with Crippen molar-refractivity contribution in [1.29, 1.82) is 0 Å². The molecule has 31 heavy (non-hydrogen) atoms. The van der Waals surface area contributed by atoms with Gasteiger partial charge in [-0.25, -0.2) is 0 Å². The number of piperazine rings is 1. The Balaban J connectivity index is 1.20. The van der Waals surface area contributed by atoms with Crippen LogP contribution in [0.2, 0.25) is 0 Å². The van der Waals surface area contributed by atoms with E-state index in [4.69, 9.17) is 5.10 Å². The molecule has 0 spiro atoms. The van der Waals surface area contributed by atoms with Crippen molar-refractivity contribution in [3.63, 3.8) is 0 Å². The van der Waals surface area contributed by atoms with E-state index in [0.29, 0.717) is 6.04 Å². The van der Waals surface area contributed by atoms with Crippen molar-refractivity contribution >= 4 is 17.0 Å². The summed E-state index contributed by atoms with van der Waals surface area (Å²) in [7, 11) is 0. The molecular weight excluding hydrogens is 378 g/mol. The lowest BCUT2D eigenvalue weighted by molar-refractivity contribution is 0.114. The minimum Gasteiger partial charge on any atom is -0.294 e. The molecule has 1 heterocycles. The number of rotatable bonds is 3. The minimum absolute atomic E-state index is 0.358. The predicted octanol–water partition coefficient (Wildman–Crippen LogP) is 5.56. The van der Waals surface area contributed by atoms with Crippen LogP contribution < -0.4 is 0 Å². The second kappa shape index (κ2) is 7.68. The molecule has 0 atom stereocenters. The Hall–Kier alpha value is -3.43. The number of hydrazone groups is 1. The summed E-state index contributed by atoms with van der Waals surface area (Å²) in [5, 5.41) is 9.56. The summed E-state index contributed by atoms with van der Waals surface area (Å²) in [6.07, 6.45) is 2.03. The third-order valence-electron chi connectivity index (χ3n) is 6.64. The van der Waals surface area contributed by atoms with Gasteiger partial charge in [0.1, 0.15) is 0 Å². The van der Waals surface area contributed by atoms with Gasteiger partial charge in [0, 0.05) is 31.7 Å². The fraction of sp³-hybridized carbons (Fsp3) is 0.179. The Kier molecular flexibility index (Phi) is 4.54. The molecule has 1 fully saturated rings. The molecule has 2 aliphatic rings. The van der Waals surface area contributed by atoms with Crippen LogP contribution in [0.4, 0.5) is 0 Å². The van der Waals surface area contributed by atoms with Gasteiger partial charge in [-0.05, 0) is 33.0 Å². The molecule has 152 valence electrons. The summed E-state index contributed by atoms with van der Waals surface area (Å²) in [6.45, 7) is 3.92. The first kappa shape index (κ1) is 18.3. The summed E-state index contributed by atoms with van der Waals surface area (Å²) < 4.78 is 0. The molecule has 0 aromatic heterocycles. The van der Waals surface area contributed by atoms with Gasteiger partial charge in [-0.3, -0.25) is 9.91 Å². The first-order chi connectivity index (χ1) is 15.4. The third kappa shape index (κ3) is 3.22. The third-order valence-corrected chi connectivity index (χ3v) is 6.64. The van der Waals surface area contributed by atoms with Gasteiger partial charge < -0.3 is 0 Å². The Morgan fingerprint density at radius 3 is 2.00 bits per heavy atom. The predicted molar refractivity (Wildman–Crippen MR) is 128 cm³/mol. The molecular formula is C28H25N3. The summed E-state index contributed by atoms with van der Waals surface area (Å²) in [5.41, 5.74) is 6.84. The summed E-state index contributed by atoms with van der Waals surface area (Å²) in [6, 6.07) is 33.0. The molecule has 0 unspecified atom stereocenters. The summed E-state index contributed by atoms with van der Waals surface area (Å²) in [5.74, 6) is 0. The molecule has 0 radical (unpaired) electrons. The van der Waals surface area contributed by atoms with Crippen LogP contribution in [-0.4, -0.2) is 42.3 Å². The Morgan fingerprint density at radius 2 is 1.26 bits per heavy atom. The number of hydrogen-bond acceptors (Lipinski definition) is 3. The lowest BCUT2D eigenvalue weighted by Crippen LogP contribution is -2.45. The van der Waals surface area contributed by atoms with Crippen LogP contribution in [0.15, 0.2) is 96.1 Å². The van der Waals surface area contributed by atoms with Gasteiger partial charge in [-0.15, -0.1) is 0 Å². The van der Waals surface area contributed by atoms with Gasteiger partial charge in [-0.1, -0.05) is 91.0 Å². The molecule has 4 aromatic rings. The van der Waals surface area contributed by atoms with Gasteiger partial charge in [0.25, 0.3) is 0 Å². The standard InChI is InChI=1S/C28H25N3/c1-2-11-23-21(8-1)9-7-10-22(23)20-29-31-18-16-30(17-19-31)28-26-14-5-3-12-24(26)25-13-4-6-15-27(25)28/h1-15,20,28H,16-19H2/b29-20+. The van der Waals surface area contributed by atoms with Crippen LogP contribution in [0, 0.1) is 0 Å². The summed E-state index contributed by atoms with van der Waals surface area (Å²) >= 11 is 0. The van der Waals surface area contributed by atoms with Crippen molar-refractivity contribution in [1.82, 2.24) is 9.91 Å². The lowest BCUT2D eigenvalue weighted by atomic mass is 10.0. The molecule has 1 aliphatic heterocycles. The quantitative estimate of drug-likeness (QED) is 0.417. The second-order valence-corrected chi connectivity index (χ2v) is 8.38. The van der Waals surface area contributed by atoms with Crippen LogP contribution in [0.5, 0.6) is 0 Å². The maximum Gasteiger partial charge on any atom is 0.0615 e. The zero-order valence-corrected chi connectivity index (χ0v) is 17.5. The Morgan fingerprint density at radius 1 is 0.645 bits per heavy atom. The maximum absolute atomic E-state index is 4.83. The first-order valence-electron chi connectivity index (χ1n) is 11.1. The van der Waals surface area contributed by atoms with Crippen molar-refractivity contribution in [2.45, 2.75) is 6.04 Å². The SMILES string of the molecule is C(=N\N1CCN(C2c3ccccc3-c3ccccc32)CC1)/c1cccc2ccccc12. The smallest absolute Gasteiger partial charge is 0.0615 e. The minimum atomic E-state index is 0.358. The molecule has 1 saturated heterocycles. The maximum atomic E-state index is 4.83. The molecule has 3 heteroatoms. The van der Waals surface area contributed by atoms with E-state index in [2.05, 4.69) is 101 Å². The van der Waals surface area contributed by atoms with Crippen molar-refractivity contribution in [2.75, 3.05) is 26.2 Å². The lowest BCUT2D eigenvalue weighted by Gasteiger charge is -2.37. The van der Waals surface area contributed by atoms with E-state index in [1.807, 2.05) is 6.21 Å². The van der Waals surface area contributed by atoms with E-state index in [1.165, 1.54) is 38.6 Å². The topological polar surface area (TPSA) is 18.8 Å². The Bertz CT molecular complexity index is 1220. The highest BCUT2D eigenvalue weighted by Crippen LogP contribution is 2.46. The fourth-order valence-electron chi connectivity index (χ4n) is 5.11. The Labute approximate surface area is 183 Å². The largest absolute Gasteiger partial charge is 0.294 e. The van der Waals surface area contributed by atoms with E-state index < -0.39 is 0 Å². The van der Waals surface area contributed by atoms with Gasteiger partial charge in [0.15, 0.2) is 0 Å². The number of nitrogens with zero attached hydrogens (tertiary/aromatic N) is 3. The molecule has 6 rings (SSSR count). The molecule has 1 aliphatic carbocycles. The van der Waals surface area contributed by atoms with Gasteiger partial charge in [0.2, 0.25) is 0 Å². The molecule has 0 amide bonds. The number of hydrogen-bond donors (Lipinski definition) is 0. The van der Waals surface area contributed by atoms with E-state index in [-0.39, 0.29) is 0 Å². The molecule has 0 N–H and O–H groups in total. The average molecular weight is 404 g/mol. The zero-order valence-electron chi connectivity index (χ0n) is 17.5. The van der Waals surface area contributed by atoms with Crippen LogP contribution >= 0.6 is 0 Å². The van der Waals surface area contributed by atoms with E-state index in [1.54, 1.807) is 0 Å². The molecule has 3 nitrogen and oxygen atoms in total. The van der Waals surface area contributed by atoms with Crippen LogP contribution in [0.3, 0.4) is 0 Å². The average Bonchev–Trinajstić information content (AvgIpc) is 3.18. The number of fused-ring (bicyclic) bond motifs is 4. The zero-order chi connectivity index (χ0) is 20.6. The monoisotopic (exact) mass is 403 g/mol. The highest BCUT2D eigenvalue weighted by Gasteiger charge is 2.33.